The van der Waals surface area contributed by atoms with Gasteiger partial charge in [-0.1, -0.05) is 30.3 Å². The van der Waals surface area contributed by atoms with Gasteiger partial charge in [0.25, 0.3) is 0 Å². The van der Waals surface area contributed by atoms with Crippen molar-refractivity contribution in [2.75, 3.05) is 26.4 Å². The molecule has 1 aromatic carbocycles. The summed E-state index contributed by atoms with van der Waals surface area (Å²) in [7, 11) is 0. The van der Waals surface area contributed by atoms with Gasteiger partial charge in [0.15, 0.2) is 0 Å². The average Bonchev–Trinajstić information content (AvgIpc) is 2.83. The van der Waals surface area contributed by atoms with Crippen molar-refractivity contribution < 1.29 is 4.74 Å². The molecular weight excluding hydrogens is 210 g/mol. The summed E-state index contributed by atoms with van der Waals surface area (Å²) >= 11 is 0. The molecule has 1 fully saturated rings. The zero-order valence-electron chi connectivity index (χ0n) is 10.8. The van der Waals surface area contributed by atoms with Crippen molar-refractivity contribution in [1.29, 1.82) is 0 Å². The van der Waals surface area contributed by atoms with Crippen LogP contribution in [0.3, 0.4) is 0 Å². The summed E-state index contributed by atoms with van der Waals surface area (Å²) in [5.41, 5.74) is 1.47. The highest BCUT2D eigenvalue weighted by Gasteiger charge is 2.21. The number of hydrogen-bond donors (Lipinski definition) is 0. The van der Waals surface area contributed by atoms with Gasteiger partial charge in [0.1, 0.15) is 0 Å². The minimum Gasteiger partial charge on any atom is -0.366 e. The van der Waals surface area contributed by atoms with Crippen LogP contribution in [0.5, 0.6) is 0 Å². The van der Waals surface area contributed by atoms with E-state index in [0.717, 1.165) is 19.3 Å². The van der Waals surface area contributed by atoms with Crippen LogP contribution in [-0.4, -0.2) is 31.3 Å². The molecule has 1 atom stereocenters. The first kappa shape index (κ1) is 12.6. The molecule has 1 saturated heterocycles. The molecule has 2 heteroatoms. The monoisotopic (exact) mass is 233 g/mol. The SMILES string of the molecule is CCOCN1CCC(CCc2ccccc2)C1. The standard InChI is InChI=1S/C15H23NO/c1-2-17-13-16-11-10-15(12-16)9-8-14-6-4-3-5-7-14/h3-7,15H,2,8-13H2,1H3. The smallest absolute Gasteiger partial charge is 0.0990 e. The van der Waals surface area contributed by atoms with Gasteiger partial charge in [0.05, 0.1) is 6.73 Å². The molecule has 1 heterocycles. The van der Waals surface area contributed by atoms with E-state index in [1.165, 1.54) is 37.9 Å². The quantitative estimate of drug-likeness (QED) is 0.749. The maximum Gasteiger partial charge on any atom is 0.0990 e. The van der Waals surface area contributed by atoms with Gasteiger partial charge in [0, 0.05) is 19.7 Å². The molecule has 0 saturated carbocycles. The first-order chi connectivity index (χ1) is 8.38. The zero-order valence-corrected chi connectivity index (χ0v) is 10.8. The molecule has 1 aromatic rings. The van der Waals surface area contributed by atoms with Crippen molar-refractivity contribution in [2.24, 2.45) is 5.92 Å². The third-order valence-corrected chi connectivity index (χ3v) is 3.53. The number of rotatable bonds is 6. The van der Waals surface area contributed by atoms with Crippen molar-refractivity contribution in [3.8, 4) is 0 Å². The second-order valence-corrected chi connectivity index (χ2v) is 4.88. The molecule has 94 valence electrons. The van der Waals surface area contributed by atoms with Crippen molar-refractivity contribution >= 4 is 0 Å². The Kier molecular flexibility index (Phi) is 5.02. The van der Waals surface area contributed by atoms with E-state index in [4.69, 9.17) is 4.74 Å². The highest BCUT2D eigenvalue weighted by atomic mass is 16.5. The summed E-state index contributed by atoms with van der Waals surface area (Å²) in [6, 6.07) is 10.8. The highest BCUT2D eigenvalue weighted by molar-refractivity contribution is 5.14. The predicted molar refractivity (Wildman–Crippen MR) is 70.9 cm³/mol. The largest absolute Gasteiger partial charge is 0.366 e. The second kappa shape index (κ2) is 6.77. The Balaban J connectivity index is 1.68. The molecule has 1 unspecified atom stereocenters. The molecule has 1 aliphatic rings. The normalized spacial score (nSPS) is 20.9. The summed E-state index contributed by atoms with van der Waals surface area (Å²) in [6.45, 7) is 6.12. The molecule has 1 aliphatic heterocycles. The van der Waals surface area contributed by atoms with Gasteiger partial charge < -0.3 is 4.74 Å². The number of ether oxygens (including phenoxy) is 1. The number of likely N-dealkylation sites (tertiary alicyclic amines) is 1. The Hall–Kier alpha value is -0.860. The topological polar surface area (TPSA) is 12.5 Å². The fraction of sp³-hybridized carbons (Fsp3) is 0.600. The van der Waals surface area contributed by atoms with Gasteiger partial charge in [-0.3, -0.25) is 4.90 Å². The van der Waals surface area contributed by atoms with Crippen molar-refractivity contribution in [2.45, 2.75) is 26.2 Å². The Morgan fingerprint density at radius 3 is 2.88 bits per heavy atom. The van der Waals surface area contributed by atoms with Crippen LogP contribution in [0.2, 0.25) is 0 Å². The van der Waals surface area contributed by atoms with Gasteiger partial charge >= 0.3 is 0 Å². The molecule has 0 spiro atoms. The molecule has 17 heavy (non-hydrogen) atoms. The van der Waals surface area contributed by atoms with E-state index in [2.05, 4.69) is 42.2 Å². The van der Waals surface area contributed by atoms with Crippen LogP contribution in [0.15, 0.2) is 30.3 Å². The average molecular weight is 233 g/mol. The van der Waals surface area contributed by atoms with E-state index in [-0.39, 0.29) is 0 Å². The lowest BCUT2D eigenvalue weighted by Gasteiger charge is -2.15. The maximum atomic E-state index is 5.45. The summed E-state index contributed by atoms with van der Waals surface area (Å²) in [4.78, 5) is 2.43. The fourth-order valence-corrected chi connectivity index (χ4v) is 2.50. The van der Waals surface area contributed by atoms with E-state index in [9.17, 15) is 0 Å². The Morgan fingerprint density at radius 1 is 1.29 bits per heavy atom. The molecule has 2 nitrogen and oxygen atoms in total. The number of nitrogens with zero attached hydrogens (tertiary/aromatic N) is 1. The molecule has 0 amide bonds. The molecular formula is C15H23NO. The summed E-state index contributed by atoms with van der Waals surface area (Å²) in [5, 5.41) is 0. The van der Waals surface area contributed by atoms with Crippen molar-refractivity contribution in [3.05, 3.63) is 35.9 Å². The highest BCUT2D eigenvalue weighted by Crippen LogP contribution is 2.21. The lowest BCUT2D eigenvalue weighted by Crippen LogP contribution is -2.23. The van der Waals surface area contributed by atoms with Crippen LogP contribution >= 0.6 is 0 Å². The van der Waals surface area contributed by atoms with Gasteiger partial charge in [-0.2, -0.15) is 0 Å². The van der Waals surface area contributed by atoms with Crippen LogP contribution in [0, 0.1) is 5.92 Å². The number of hydrogen-bond acceptors (Lipinski definition) is 2. The van der Waals surface area contributed by atoms with E-state index >= 15 is 0 Å². The minimum absolute atomic E-state index is 0.818. The molecule has 0 bridgehead atoms. The minimum atomic E-state index is 0.818. The summed E-state index contributed by atoms with van der Waals surface area (Å²) < 4.78 is 5.45. The van der Waals surface area contributed by atoms with Crippen LogP contribution in [0.1, 0.15) is 25.3 Å². The van der Waals surface area contributed by atoms with E-state index in [1.54, 1.807) is 0 Å². The molecule has 0 aromatic heterocycles. The molecule has 0 aliphatic carbocycles. The first-order valence-electron chi connectivity index (χ1n) is 6.72. The van der Waals surface area contributed by atoms with Crippen molar-refractivity contribution in [1.82, 2.24) is 4.90 Å². The van der Waals surface area contributed by atoms with E-state index < -0.39 is 0 Å². The Bertz CT molecular complexity index is 312. The lowest BCUT2D eigenvalue weighted by molar-refractivity contribution is 0.0473. The third-order valence-electron chi connectivity index (χ3n) is 3.53. The van der Waals surface area contributed by atoms with Gasteiger partial charge in [-0.05, 0) is 37.7 Å². The Morgan fingerprint density at radius 2 is 2.12 bits per heavy atom. The third kappa shape index (κ3) is 4.14. The van der Waals surface area contributed by atoms with Crippen LogP contribution in [-0.2, 0) is 11.2 Å². The predicted octanol–water partition coefficient (Wildman–Crippen LogP) is 2.94. The van der Waals surface area contributed by atoms with Gasteiger partial charge in [0.2, 0.25) is 0 Å². The first-order valence-corrected chi connectivity index (χ1v) is 6.72. The summed E-state index contributed by atoms with van der Waals surface area (Å²) in [6.07, 6.45) is 3.86. The Labute approximate surface area is 105 Å². The van der Waals surface area contributed by atoms with Crippen LogP contribution < -0.4 is 0 Å². The zero-order chi connectivity index (χ0) is 11.9. The van der Waals surface area contributed by atoms with E-state index in [1.807, 2.05) is 0 Å². The molecule has 2 rings (SSSR count). The number of benzene rings is 1. The number of aryl methyl sites for hydroxylation is 1. The maximum absolute atomic E-state index is 5.45. The molecule has 0 radical (unpaired) electrons. The van der Waals surface area contributed by atoms with Crippen LogP contribution in [0.4, 0.5) is 0 Å². The second-order valence-electron chi connectivity index (χ2n) is 4.88. The van der Waals surface area contributed by atoms with Crippen molar-refractivity contribution in [3.63, 3.8) is 0 Å². The van der Waals surface area contributed by atoms with E-state index in [0.29, 0.717) is 0 Å². The lowest BCUT2D eigenvalue weighted by atomic mass is 9.99. The van der Waals surface area contributed by atoms with Gasteiger partial charge in [-0.15, -0.1) is 0 Å². The van der Waals surface area contributed by atoms with Gasteiger partial charge in [-0.25, -0.2) is 0 Å². The fourth-order valence-electron chi connectivity index (χ4n) is 2.50. The summed E-state index contributed by atoms with van der Waals surface area (Å²) in [5.74, 6) is 0.857. The van der Waals surface area contributed by atoms with Crippen LogP contribution in [0.25, 0.3) is 0 Å². The molecule has 0 N–H and O–H groups in total.